The second kappa shape index (κ2) is 9.92. The molecule has 1 aromatic rings. The van der Waals surface area contributed by atoms with Gasteiger partial charge in [0.25, 0.3) is 0 Å². The molecule has 6 nitrogen and oxygen atoms in total. The van der Waals surface area contributed by atoms with Crippen LogP contribution in [0.1, 0.15) is 64.7 Å². The number of carbonyl (C=O) groups is 1. The molecule has 1 aromatic carbocycles. The fourth-order valence-electron chi connectivity index (χ4n) is 3.13. The third-order valence-electron chi connectivity index (χ3n) is 4.70. The van der Waals surface area contributed by atoms with Crippen molar-refractivity contribution < 1.29 is 18.3 Å². The number of phenols is 1. The summed E-state index contributed by atoms with van der Waals surface area (Å²) in [5.74, 6) is -0.326. The second-order valence-electron chi connectivity index (χ2n) is 6.86. The number of hydrogen-bond donors (Lipinski definition) is 2. The van der Waals surface area contributed by atoms with Crippen LogP contribution in [0.15, 0.2) is 23.1 Å². The van der Waals surface area contributed by atoms with Crippen molar-refractivity contribution in [3.8, 4) is 5.75 Å². The Kier molecular flexibility index (Phi) is 7.90. The van der Waals surface area contributed by atoms with Gasteiger partial charge >= 0.3 is 0 Å². The van der Waals surface area contributed by atoms with Gasteiger partial charge in [0.2, 0.25) is 15.9 Å². The molecule has 2 rings (SSSR count). The minimum Gasteiger partial charge on any atom is -0.506 e. The van der Waals surface area contributed by atoms with Gasteiger partial charge in [-0.1, -0.05) is 39.0 Å². The molecule has 0 radical (unpaired) electrons. The standard InChI is InChI=1S/C19H30N2O4S/c1-2-3-4-5-6-7-10-19(23)20-17-15-16(11-12-18(17)22)26(24,25)21-13-8-9-14-21/h11-12,15,22H,2-10,13-14H2,1H3,(H,20,23). The van der Waals surface area contributed by atoms with Gasteiger partial charge in [-0.2, -0.15) is 4.31 Å². The fraction of sp³-hybridized carbons (Fsp3) is 0.632. The minimum absolute atomic E-state index is 0.104. The first-order valence-corrected chi connectivity index (χ1v) is 11.0. The van der Waals surface area contributed by atoms with Gasteiger partial charge in [-0.3, -0.25) is 4.79 Å². The monoisotopic (exact) mass is 382 g/mol. The van der Waals surface area contributed by atoms with Crippen molar-refractivity contribution in [2.75, 3.05) is 18.4 Å². The summed E-state index contributed by atoms with van der Waals surface area (Å²) in [7, 11) is -3.57. The Bertz CT molecular complexity index is 697. The molecule has 0 spiro atoms. The van der Waals surface area contributed by atoms with Gasteiger partial charge in [0.1, 0.15) is 5.75 Å². The van der Waals surface area contributed by atoms with Crippen LogP contribution in [0.2, 0.25) is 0 Å². The maximum Gasteiger partial charge on any atom is 0.243 e. The molecular formula is C19H30N2O4S. The highest BCUT2D eigenvalue weighted by atomic mass is 32.2. The number of carbonyl (C=O) groups excluding carboxylic acids is 1. The zero-order chi connectivity index (χ0) is 19.0. The lowest BCUT2D eigenvalue weighted by atomic mass is 10.1. The first-order chi connectivity index (χ1) is 12.4. The lowest BCUT2D eigenvalue weighted by molar-refractivity contribution is -0.116. The number of unbranched alkanes of at least 4 members (excludes halogenated alkanes) is 5. The second-order valence-corrected chi connectivity index (χ2v) is 8.79. The first-order valence-electron chi connectivity index (χ1n) is 9.58. The SMILES string of the molecule is CCCCCCCCC(=O)Nc1cc(S(=O)(=O)N2CCCC2)ccc1O. The highest BCUT2D eigenvalue weighted by Gasteiger charge is 2.27. The molecule has 0 atom stereocenters. The first kappa shape index (κ1) is 20.7. The fourth-order valence-corrected chi connectivity index (χ4v) is 4.68. The van der Waals surface area contributed by atoms with E-state index >= 15 is 0 Å². The lowest BCUT2D eigenvalue weighted by Gasteiger charge is -2.16. The Morgan fingerprint density at radius 2 is 1.77 bits per heavy atom. The molecule has 0 saturated carbocycles. The largest absolute Gasteiger partial charge is 0.506 e. The molecule has 26 heavy (non-hydrogen) atoms. The van der Waals surface area contributed by atoms with Crippen LogP contribution in [0, 0.1) is 0 Å². The van der Waals surface area contributed by atoms with Gasteiger partial charge in [0.15, 0.2) is 0 Å². The summed E-state index contributed by atoms with van der Waals surface area (Å²) >= 11 is 0. The van der Waals surface area contributed by atoms with E-state index in [2.05, 4.69) is 12.2 Å². The van der Waals surface area contributed by atoms with Crippen LogP contribution >= 0.6 is 0 Å². The summed E-state index contributed by atoms with van der Waals surface area (Å²) in [6.07, 6.45) is 8.61. The minimum atomic E-state index is -3.57. The van der Waals surface area contributed by atoms with Crippen molar-refractivity contribution in [3.05, 3.63) is 18.2 Å². The molecule has 146 valence electrons. The molecule has 0 aliphatic carbocycles. The van der Waals surface area contributed by atoms with Crippen molar-refractivity contribution in [1.82, 2.24) is 4.31 Å². The number of aromatic hydroxyl groups is 1. The number of anilines is 1. The highest BCUT2D eigenvalue weighted by molar-refractivity contribution is 7.89. The van der Waals surface area contributed by atoms with E-state index in [0.29, 0.717) is 19.5 Å². The number of amides is 1. The normalized spacial score (nSPS) is 15.3. The zero-order valence-electron chi connectivity index (χ0n) is 15.5. The van der Waals surface area contributed by atoms with E-state index in [9.17, 15) is 18.3 Å². The Morgan fingerprint density at radius 3 is 2.46 bits per heavy atom. The Hall–Kier alpha value is -1.60. The van der Waals surface area contributed by atoms with Crippen LogP contribution in [0.5, 0.6) is 5.75 Å². The molecule has 1 saturated heterocycles. The number of nitrogens with one attached hydrogen (secondary N) is 1. The summed E-state index contributed by atoms with van der Waals surface area (Å²) < 4.78 is 26.7. The van der Waals surface area contributed by atoms with Gasteiger partial charge in [-0.15, -0.1) is 0 Å². The lowest BCUT2D eigenvalue weighted by Crippen LogP contribution is -2.27. The number of sulfonamides is 1. The molecule has 1 aliphatic heterocycles. The van der Waals surface area contributed by atoms with Crippen molar-refractivity contribution in [3.63, 3.8) is 0 Å². The van der Waals surface area contributed by atoms with Gasteiger partial charge in [0, 0.05) is 19.5 Å². The average molecular weight is 383 g/mol. The van der Waals surface area contributed by atoms with E-state index in [1.54, 1.807) is 0 Å². The maximum atomic E-state index is 12.6. The number of phenolic OH excluding ortho intramolecular Hbond substituents is 1. The zero-order valence-corrected chi connectivity index (χ0v) is 16.4. The van der Waals surface area contributed by atoms with Crippen molar-refractivity contribution in [2.24, 2.45) is 0 Å². The summed E-state index contributed by atoms with van der Waals surface area (Å²) in [5.41, 5.74) is 0.154. The summed E-state index contributed by atoms with van der Waals surface area (Å²) in [4.78, 5) is 12.2. The van der Waals surface area contributed by atoms with E-state index in [0.717, 1.165) is 32.1 Å². The van der Waals surface area contributed by atoms with E-state index in [1.165, 1.54) is 41.8 Å². The van der Waals surface area contributed by atoms with Crippen LogP contribution in [0.3, 0.4) is 0 Å². The van der Waals surface area contributed by atoms with Crippen molar-refractivity contribution in [2.45, 2.75) is 69.6 Å². The Balaban J connectivity index is 1.93. The summed E-state index contributed by atoms with van der Waals surface area (Å²) in [6, 6.07) is 4.05. The van der Waals surface area contributed by atoms with Crippen LogP contribution in [0.25, 0.3) is 0 Å². The molecule has 1 amide bonds. The van der Waals surface area contributed by atoms with E-state index in [4.69, 9.17) is 0 Å². The predicted octanol–water partition coefficient (Wildman–Crippen LogP) is 3.87. The van der Waals surface area contributed by atoms with E-state index < -0.39 is 10.0 Å². The molecular weight excluding hydrogens is 352 g/mol. The van der Waals surface area contributed by atoms with Crippen molar-refractivity contribution >= 4 is 21.6 Å². The van der Waals surface area contributed by atoms with Gasteiger partial charge in [-0.05, 0) is 37.5 Å². The average Bonchev–Trinajstić information content (AvgIpc) is 3.15. The molecule has 1 aliphatic rings. The predicted molar refractivity (Wildman–Crippen MR) is 103 cm³/mol. The molecule has 2 N–H and O–H groups in total. The van der Waals surface area contributed by atoms with Gasteiger partial charge in [0.05, 0.1) is 10.6 Å². The quantitative estimate of drug-likeness (QED) is 0.475. The molecule has 0 unspecified atom stereocenters. The molecule has 0 aromatic heterocycles. The third-order valence-corrected chi connectivity index (χ3v) is 6.60. The number of benzene rings is 1. The number of rotatable bonds is 10. The smallest absolute Gasteiger partial charge is 0.243 e. The molecule has 7 heteroatoms. The Labute approximate surface area is 156 Å². The van der Waals surface area contributed by atoms with Gasteiger partial charge < -0.3 is 10.4 Å². The number of nitrogens with zero attached hydrogens (tertiary/aromatic N) is 1. The summed E-state index contributed by atoms with van der Waals surface area (Å²) in [6.45, 7) is 3.20. The van der Waals surface area contributed by atoms with Crippen LogP contribution in [-0.2, 0) is 14.8 Å². The molecule has 1 fully saturated rings. The van der Waals surface area contributed by atoms with E-state index in [1.807, 2.05) is 0 Å². The molecule has 0 bridgehead atoms. The maximum absolute atomic E-state index is 12.6. The third kappa shape index (κ3) is 5.71. The van der Waals surface area contributed by atoms with Crippen LogP contribution < -0.4 is 5.32 Å². The summed E-state index contributed by atoms with van der Waals surface area (Å²) in [5, 5.41) is 12.6. The van der Waals surface area contributed by atoms with Gasteiger partial charge in [-0.25, -0.2) is 8.42 Å². The topological polar surface area (TPSA) is 86.7 Å². The van der Waals surface area contributed by atoms with Crippen LogP contribution in [-0.4, -0.2) is 36.8 Å². The van der Waals surface area contributed by atoms with Crippen LogP contribution in [0.4, 0.5) is 5.69 Å². The highest BCUT2D eigenvalue weighted by Crippen LogP contribution is 2.29. The van der Waals surface area contributed by atoms with Crippen molar-refractivity contribution in [1.29, 1.82) is 0 Å². The molecule has 1 heterocycles. The number of hydrogen-bond acceptors (Lipinski definition) is 4. The Morgan fingerprint density at radius 1 is 1.12 bits per heavy atom. The van der Waals surface area contributed by atoms with E-state index in [-0.39, 0.29) is 22.2 Å².